The number of pyridine rings is 2. The molecule has 0 bridgehead atoms. The van der Waals surface area contributed by atoms with Crippen LogP contribution in [0.3, 0.4) is 0 Å². The number of aromatic nitrogens is 2. The number of ether oxygens (including phenoxy) is 3. The summed E-state index contributed by atoms with van der Waals surface area (Å²) >= 11 is 0. The van der Waals surface area contributed by atoms with Crippen molar-refractivity contribution >= 4 is 44.6 Å². The molecule has 8 unspecified atom stereocenters. The number of carbonyl (C=O) groups is 3. The van der Waals surface area contributed by atoms with Gasteiger partial charge in [0.2, 0.25) is 0 Å². The third-order valence-corrected chi connectivity index (χ3v) is 21.6. The van der Waals surface area contributed by atoms with Crippen LogP contribution in [-0.4, -0.2) is 70.8 Å². The zero-order valence-electron chi connectivity index (χ0n) is 46.3. The molecule has 4 saturated carbocycles. The molecule has 4 aliphatic carbocycles. The third-order valence-electron chi connectivity index (χ3n) is 14.7. The predicted molar refractivity (Wildman–Crippen MR) is 301 cm³/mol. The van der Waals surface area contributed by atoms with Gasteiger partial charge in [-0.2, -0.15) is 0 Å². The average molecular weight is 1060 g/mol. The van der Waals surface area contributed by atoms with Gasteiger partial charge in [-0.25, -0.2) is 0 Å². The van der Waals surface area contributed by atoms with E-state index < -0.39 is 0 Å². The van der Waals surface area contributed by atoms with E-state index in [0.717, 1.165) is 49.8 Å². The molecule has 2 heterocycles. The Bertz CT molecular complexity index is 1700. The quantitative estimate of drug-likeness (QED) is 0.0409. The molecular formula is C60H98FeN2O6P2. The second kappa shape index (κ2) is 36.3. The van der Waals surface area contributed by atoms with Crippen molar-refractivity contribution in [2.45, 2.75) is 192 Å². The van der Waals surface area contributed by atoms with E-state index in [4.69, 9.17) is 14.2 Å². The zero-order valence-corrected chi connectivity index (χ0v) is 49.2. The van der Waals surface area contributed by atoms with Gasteiger partial charge in [-0.1, -0.05) is 104 Å². The smallest absolute Gasteiger partial charge is 0.469 e. The first-order valence-electron chi connectivity index (χ1n) is 26.0. The SMILES string of the molecule is C=CC1CCC(C=C)C(C=C)C1.CC(C)(C)P(c1ccccn1)C1CCCC1.CC(C)(C)P(c1ccccn1)C1CCCC1.COC(=O)CCC1CCC(CCC(=O)OC)C(CCC(=O)OC)C1.[CH3-].[CH3-].[Fe+2]. The van der Waals surface area contributed by atoms with Gasteiger partial charge in [-0.15, -0.1) is 19.7 Å². The van der Waals surface area contributed by atoms with Gasteiger partial charge in [0.25, 0.3) is 0 Å². The third kappa shape index (κ3) is 24.5. The van der Waals surface area contributed by atoms with E-state index >= 15 is 0 Å². The first-order chi connectivity index (χ1) is 32.5. The van der Waals surface area contributed by atoms with Crippen molar-refractivity contribution in [1.82, 2.24) is 9.97 Å². The molecule has 0 N–H and O–H groups in total. The zero-order chi connectivity index (χ0) is 50.1. The molecule has 4 fully saturated rings. The van der Waals surface area contributed by atoms with Crippen LogP contribution >= 0.6 is 15.8 Å². The van der Waals surface area contributed by atoms with Gasteiger partial charge in [-0.3, -0.25) is 24.4 Å². The Kier molecular flexibility index (Phi) is 34.9. The van der Waals surface area contributed by atoms with Gasteiger partial charge in [0.05, 0.1) is 32.2 Å². The summed E-state index contributed by atoms with van der Waals surface area (Å²) in [7, 11) is 3.99. The van der Waals surface area contributed by atoms with Crippen LogP contribution in [0, 0.1) is 50.4 Å². The Morgan fingerprint density at radius 2 is 0.986 bits per heavy atom. The summed E-state index contributed by atoms with van der Waals surface area (Å²) in [4.78, 5) is 43.4. The van der Waals surface area contributed by atoms with Gasteiger partial charge in [0.1, 0.15) is 0 Å². The van der Waals surface area contributed by atoms with Crippen LogP contribution in [0.15, 0.2) is 86.8 Å². The normalized spacial score (nSPS) is 22.9. The van der Waals surface area contributed by atoms with Crippen LogP contribution in [0.1, 0.15) is 170 Å². The molecule has 8 nitrogen and oxygen atoms in total. The molecule has 4 aliphatic rings. The minimum Gasteiger partial charge on any atom is -0.469 e. The molecule has 6 rings (SSSR count). The van der Waals surface area contributed by atoms with E-state index in [2.05, 4.69) is 114 Å². The Labute approximate surface area is 448 Å². The summed E-state index contributed by atoms with van der Waals surface area (Å²) < 4.78 is 14.2. The maximum absolute atomic E-state index is 11.5. The van der Waals surface area contributed by atoms with E-state index in [1.54, 1.807) is 0 Å². The maximum Gasteiger partial charge on any atom is 2.00 e. The van der Waals surface area contributed by atoms with E-state index in [-0.39, 0.29) is 65.7 Å². The van der Waals surface area contributed by atoms with Crippen LogP contribution in [0.4, 0.5) is 0 Å². The standard InChI is InChI=1S/C18H30O6.2C14H22NP.C12H18.2CH3.Fe/c1-22-16(19)9-5-13-4-6-14(7-10-17(20)23-2)15(12-13)8-11-18(21)24-3;2*1-14(2,3)16(12-8-4-5-9-12)13-10-6-7-11-15-13;1-4-10-7-8-11(5-2)12(6-3)9-10;;;/h13-15H,4-12H2,1-3H3;2*6-7,10-12H,4-5,8-9H2,1-3H3;4-6,10-12H,1-3,7-9H2;2*1H3;/q;;;;2*-1;+2. The molecule has 0 spiro atoms. The molecule has 2 aromatic rings. The number of rotatable bonds is 16. The van der Waals surface area contributed by atoms with Gasteiger partial charge in [0.15, 0.2) is 0 Å². The largest absolute Gasteiger partial charge is 2.00 e. The van der Waals surface area contributed by atoms with Gasteiger partial charge < -0.3 is 29.1 Å². The summed E-state index contributed by atoms with van der Waals surface area (Å²) in [5.41, 5.74) is 4.53. The van der Waals surface area contributed by atoms with Crippen molar-refractivity contribution in [2.75, 3.05) is 21.3 Å². The van der Waals surface area contributed by atoms with Gasteiger partial charge >= 0.3 is 35.0 Å². The van der Waals surface area contributed by atoms with Crippen molar-refractivity contribution in [2.24, 2.45) is 35.5 Å². The second-order valence-electron chi connectivity index (χ2n) is 21.5. The minimum absolute atomic E-state index is 0. The van der Waals surface area contributed by atoms with E-state index in [1.165, 1.54) is 103 Å². The molecule has 0 saturated heterocycles. The Morgan fingerprint density at radius 1 is 0.563 bits per heavy atom. The summed E-state index contributed by atoms with van der Waals surface area (Å²) in [5, 5.41) is 0.775. The second-order valence-corrected chi connectivity index (χ2v) is 28.0. The predicted octanol–water partition coefficient (Wildman–Crippen LogP) is 15.2. The molecule has 71 heavy (non-hydrogen) atoms. The summed E-state index contributed by atoms with van der Waals surface area (Å²) in [5.74, 6) is 2.69. The molecule has 8 atom stereocenters. The average Bonchev–Trinajstić information content (AvgIpc) is 4.08. The van der Waals surface area contributed by atoms with Crippen LogP contribution in [0.2, 0.25) is 0 Å². The molecule has 402 valence electrons. The maximum atomic E-state index is 11.5. The summed E-state index contributed by atoms with van der Waals surface area (Å²) in [6.07, 6.45) is 31.9. The topological polar surface area (TPSA) is 105 Å². The van der Waals surface area contributed by atoms with Crippen LogP contribution in [-0.2, 0) is 45.7 Å². The van der Waals surface area contributed by atoms with Gasteiger partial charge in [-0.05, 0) is 174 Å². The number of esters is 3. The molecule has 0 radical (unpaired) electrons. The molecule has 11 heteroatoms. The Hall–Kier alpha value is -2.69. The van der Waals surface area contributed by atoms with E-state index in [1.807, 2.05) is 24.5 Å². The Morgan fingerprint density at radius 3 is 1.35 bits per heavy atom. The molecular weight excluding hydrogens is 962 g/mol. The van der Waals surface area contributed by atoms with Crippen LogP contribution < -0.4 is 10.9 Å². The Balaban J connectivity index is 0.000000933. The van der Waals surface area contributed by atoms with Crippen molar-refractivity contribution < 1.29 is 45.7 Å². The molecule has 0 amide bonds. The number of carbonyl (C=O) groups excluding carboxylic acids is 3. The first kappa shape index (κ1) is 68.3. The number of nitrogens with zero attached hydrogens (tertiary/aromatic N) is 2. The first-order valence-corrected chi connectivity index (χ1v) is 28.8. The summed E-state index contributed by atoms with van der Waals surface area (Å²) in [6.45, 7) is 25.9. The van der Waals surface area contributed by atoms with Crippen LogP contribution in [0.25, 0.3) is 0 Å². The van der Waals surface area contributed by atoms with Crippen LogP contribution in [0.5, 0.6) is 0 Å². The summed E-state index contributed by atoms with van der Waals surface area (Å²) in [6, 6.07) is 12.8. The fourth-order valence-corrected chi connectivity index (χ4v) is 18.1. The number of hydrogen-bond donors (Lipinski definition) is 0. The fourth-order valence-electron chi connectivity index (χ4n) is 11.2. The van der Waals surface area contributed by atoms with E-state index in [9.17, 15) is 14.4 Å². The van der Waals surface area contributed by atoms with Crippen molar-refractivity contribution in [3.05, 3.63) is 102 Å². The number of allylic oxidation sites excluding steroid dienone is 3. The number of methoxy groups -OCH3 is 3. The van der Waals surface area contributed by atoms with E-state index in [0.29, 0.717) is 65.1 Å². The fraction of sp³-hybridized carbons (Fsp3) is 0.650. The minimum atomic E-state index is -0.196. The van der Waals surface area contributed by atoms with Gasteiger partial charge in [0, 0.05) is 31.7 Å². The van der Waals surface area contributed by atoms with Crippen molar-refractivity contribution in [1.29, 1.82) is 0 Å². The monoisotopic (exact) mass is 1060 g/mol. The molecule has 0 aromatic carbocycles. The van der Waals surface area contributed by atoms with Crippen molar-refractivity contribution in [3.8, 4) is 0 Å². The number of hydrogen-bond acceptors (Lipinski definition) is 8. The molecule has 0 aliphatic heterocycles. The molecule has 2 aromatic heterocycles. The van der Waals surface area contributed by atoms with Crippen molar-refractivity contribution in [3.63, 3.8) is 0 Å².